The molecule has 1 aromatic carbocycles. The number of hydrogen-bond acceptors (Lipinski definition) is 7. The van der Waals surface area contributed by atoms with Crippen molar-refractivity contribution in [2.24, 2.45) is 5.10 Å². The van der Waals surface area contributed by atoms with E-state index in [1.165, 1.54) is 0 Å². The number of hydrazone groups is 1. The standard InChI is InChI=1S/C14H14N8O3/c1-9(8-21-19-14(18-20-21)22(24)25)16-17-13(23)6-10-7-15-12-5-3-2-4-11(10)12/h2-5,7,15H,6,8H2,1H3,(H,17,23). The second-order valence-corrected chi connectivity index (χ2v) is 5.30. The first-order chi connectivity index (χ1) is 12.0. The zero-order valence-electron chi connectivity index (χ0n) is 13.2. The quantitative estimate of drug-likeness (QED) is 0.385. The van der Waals surface area contributed by atoms with Crippen LogP contribution in [-0.2, 0) is 17.8 Å². The monoisotopic (exact) mass is 342 g/mol. The Morgan fingerprint density at radius 1 is 1.44 bits per heavy atom. The van der Waals surface area contributed by atoms with Crippen molar-refractivity contribution >= 4 is 28.5 Å². The molecule has 0 aliphatic carbocycles. The van der Waals surface area contributed by atoms with Gasteiger partial charge in [-0.1, -0.05) is 23.0 Å². The van der Waals surface area contributed by atoms with Crippen LogP contribution in [0, 0.1) is 10.1 Å². The fourth-order valence-electron chi connectivity index (χ4n) is 2.26. The molecule has 0 radical (unpaired) electrons. The van der Waals surface area contributed by atoms with Gasteiger partial charge in [0.05, 0.1) is 22.3 Å². The van der Waals surface area contributed by atoms with Gasteiger partial charge < -0.3 is 15.1 Å². The third-order valence-electron chi connectivity index (χ3n) is 3.37. The van der Waals surface area contributed by atoms with Crippen LogP contribution in [0.4, 0.5) is 5.95 Å². The number of amides is 1. The molecule has 11 heteroatoms. The first-order valence-corrected chi connectivity index (χ1v) is 7.32. The van der Waals surface area contributed by atoms with E-state index < -0.39 is 10.9 Å². The van der Waals surface area contributed by atoms with Gasteiger partial charge in [-0.05, 0) is 23.5 Å². The number of aromatic amines is 1. The Hall–Kier alpha value is -3.63. The van der Waals surface area contributed by atoms with Crippen molar-refractivity contribution in [3.63, 3.8) is 0 Å². The fraction of sp³-hybridized carbons (Fsp3) is 0.214. The molecule has 0 spiro atoms. The molecule has 0 unspecified atom stereocenters. The Morgan fingerprint density at radius 2 is 2.24 bits per heavy atom. The van der Waals surface area contributed by atoms with Crippen LogP contribution in [0.5, 0.6) is 0 Å². The van der Waals surface area contributed by atoms with Crippen molar-refractivity contribution in [1.82, 2.24) is 30.6 Å². The summed E-state index contributed by atoms with van der Waals surface area (Å²) in [4.78, 5) is 25.9. The van der Waals surface area contributed by atoms with Gasteiger partial charge in [0, 0.05) is 22.3 Å². The third-order valence-corrected chi connectivity index (χ3v) is 3.37. The molecule has 2 heterocycles. The minimum absolute atomic E-state index is 0.0776. The van der Waals surface area contributed by atoms with Gasteiger partial charge in [-0.25, -0.2) is 5.43 Å². The average molecular weight is 342 g/mol. The van der Waals surface area contributed by atoms with Crippen LogP contribution in [0.1, 0.15) is 12.5 Å². The van der Waals surface area contributed by atoms with Crippen LogP contribution >= 0.6 is 0 Å². The lowest BCUT2D eigenvalue weighted by molar-refractivity contribution is -0.394. The predicted octanol–water partition coefficient (Wildman–Crippen LogP) is 0.797. The molecule has 11 nitrogen and oxygen atoms in total. The number of aromatic nitrogens is 5. The summed E-state index contributed by atoms with van der Waals surface area (Å²) in [5, 5.41) is 25.8. The van der Waals surface area contributed by atoms with E-state index >= 15 is 0 Å². The predicted molar refractivity (Wildman–Crippen MR) is 87.7 cm³/mol. The molecule has 0 atom stereocenters. The maximum atomic E-state index is 12.0. The maximum Gasteiger partial charge on any atom is 0.514 e. The Labute approximate surface area is 140 Å². The Kier molecular flexibility index (Phi) is 4.46. The number of carbonyl (C=O) groups excluding carboxylic acids is 1. The van der Waals surface area contributed by atoms with Crippen LogP contribution in [0.25, 0.3) is 10.9 Å². The molecule has 0 aliphatic rings. The largest absolute Gasteiger partial charge is 0.514 e. The van der Waals surface area contributed by atoms with Gasteiger partial charge in [-0.15, -0.1) is 0 Å². The normalized spacial score (nSPS) is 11.6. The Bertz CT molecular complexity index is 958. The maximum absolute atomic E-state index is 12.0. The number of H-pyrrole nitrogens is 1. The number of benzene rings is 1. The van der Waals surface area contributed by atoms with Crippen LogP contribution in [-0.4, -0.2) is 41.7 Å². The highest BCUT2D eigenvalue weighted by molar-refractivity contribution is 5.89. The van der Waals surface area contributed by atoms with E-state index in [0.29, 0.717) is 5.71 Å². The number of hydrogen-bond donors (Lipinski definition) is 2. The molecule has 128 valence electrons. The second kappa shape index (κ2) is 6.86. The lowest BCUT2D eigenvalue weighted by atomic mass is 10.1. The Morgan fingerprint density at radius 3 is 3.00 bits per heavy atom. The number of fused-ring (bicyclic) bond motifs is 1. The van der Waals surface area contributed by atoms with Gasteiger partial charge in [-0.3, -0.25) is 4.79 Å². The fourth-order valence-corrected chi connectivity index (χ4v) is 2.26. The van der Waals surface area contributed by atoms with E-state index in [1.807, 2.05) is 24.3 Å². The van der Waals surface area contributed by atoms with Crippen molar-refractivity contribution in [2.45, 2.75) is 19.9 Å². The summed E-state index contributed by atoms with van der Waals surface area (Å²) in [6.45, 7) is 1.72. The molecular formula is C14H14N8O3. The minimum atomic E-state index is -0.737. The summed E-state index contributed by atoms with van der Waals surface area (Å²) in [6, 6.07) is 7.69. The van der Waals surface area contributed by atoms with Crippen molar-refractivity contribution in [1.29, 1.82) is 0 Å². The minimum Gasteiger partial charge on any atom is -0.390 e. The van der Waals surface area contributed by atoms with Crippen LogP contribution < -0.4 is 5.43 Å². The van der Waals surface area contributed by atoms with Crippen LogP contribution in [0.2, 0.25) is 0 Å². The molecule has 0 aliphatic heterocycles. The zero-order valence-corrected chi connectivity index (χ0v) is 13.2. The van der Waals surface area contributed by atoms with Crippen molar-refractivity contribution in [3.05, 3.63) is 46.1 Å². The molecule has 0 bridgehead atoms. The third kappa shape index (κ3) is 3.83. The second-order valence-electron chi connectivity index (χ2n) is 5.30. The summed E-state index contributed by atoms with van der Waals surface area (Å²) in [6.07, 6.45) is 1.97. The van der Waals surface area contributed by atoms with E-state index in [4.69, 9.17) is 0 Å². The smallest absolute Gasteiger partial charge is 0.390 e. The first kappa shape index (κ1) is 16.2. The van der Waals surface area contributed by atoms with E-state index in [0.717, 1.165) is 21.3 Å². The van der Waals surface area contributed by atoms with Gasteiger partial charge >= 0.3 is 5.95 Å². The number of carbonyl (C=O) groups is 1. The summed E-state index contributed by atoms with van der Waals surface area (Å²) < 4.78 is 0. The zero-order chi connectivity index (χ0) is 17.8. The summed E-state index contributed by atoms with van der Waals surface area (Å²) >= 11 is 0. The van der Waals surface area contributed by atoms with E-state index in [-0.39, 0.29) is 18.9 Å². The Balaban J connectivity index is 1.58. The molecular weight excluding hydrogens is 328 g/mol. The van der Waals surface area contributed by atoms with Crippen LogP contribution in [0.15, 0.2) is 35.6 Å². The van der Waals surface area contributed by atoms with E-state index in [1.54, 1.807) is 13.1 Å². The number of nitrogens with zero attached hydrogens (tertiary/aromatic N) is 6. The summed E-state index contributed by atoms with van der Waals surface area (Å²) in [5.41, 5.74) is 4.75. The summed E-state index contributed by atoms with van der Waals surface area (Å²) in [5.74, 6) is -0.863. The van der Waals surface area contributed by atoms with E-state index in [9.17, 15) is 14.9 Å². The number of rotatable bonds is 6. The molecule has 2 N–H and O–H groups in total. The van der Waals surface area contributed by atoms with Gasteiger partial charge in [-0.2, -0.15) is 5.10 Å². The number of tetrazole rings is 1. The lowest BCUT2D eigenvalue weighted by Gasteiger charge is -2.01. The number of nitro groups is 1. The highest BCUT2D eigenvalue weighted by atomic mass is 16.6. The van der Waals surface area contributed by atoms with Gasteiger partial charge in [0.1, 0.15) is 6.54 Å². The highest BCUT2D eigenvalue weighted by Gasteiger charge is 2.15. The SMILES string of the molecule is CC(Cn1nnc([N+](=O)[O-])n1)=NNC(=O)Cc1c[nH]c2ccccc12. The number of para-hydroxylation sites is 1. The molecule has 0 fully saturated rings. The molecule has 3 rings (SSSR count). The molecule has 3 aromatic rings. The molecule has 0 saturated heterocycles. The molecule has 2 aromatic heterocycles. The van der Waals surface area contributed by atoms with Crippen molar-refractivity contribution in [3.8, 4) is 0 Å². The highest BCUT2D eigenvalue weighted by Crippen LogP contribution is 2.17. The number of nitrogens with one attached hydrogen (secondary N) is 2. The molecule has 25 heavy (non-hydrogen) atoms. The molecule has 0 saturated carbocycles. The van der Waals surface area contributed by atoms with Gasteiger partial charge in [0.15, 0.2) is 0 Å². The topological polar surface area (TPSA) is 144 Å². The van der Waals surface area contributed by atoms with Gasteiger partial charge in [0.25, 0.3) is 0 Å². The van der Waals surface area contributed by atoms with Gasteiger partial charge in [0.2, 0.25) is 5.91 Å². The lowest BCUT2D eigenvalue weighted by Crippen LogP contribution is -2.22. The van der Waals surface area contributed by atoms with E-state index in [2.05, 4.69) is 30.9 Å². The molecule has 1 amide bonds. The summed E-state index contributed by atoms with van der Waals surface area (Å²) in [7, 11) is 0. The van der Waals surface area contributed by atoms with Crippen LogP contribution in [0.3, 0.4) is 0 Å². The average Bonchev–Trinajstić information content (AvgIpc) is 3.21. The first-order valence-electron chi connectivity index (χ1n) is 7.32. The van der Waals surface area contributed by atoms with Crippen molar-refractivity contribution in [2.75, 3.05) is 0 Å². The van der Waals surface area contributed by atoms with Crippen molar-refractivity contribution < 1.29 is 9.72 Å².